The number of aromatic nitrogens is 1. The SMILES string of the molecule is COc1ccccc1[C@@H]1c2sc(=O)n(CC(=O)Nc3ccc4ccccc4c3)c2S[C@H]2C(=O)N(c3cccc(C(F)(F)F)c3)C(=O)[C@@H]12. The lowest BCUT2D eigenvalue weighted by Crippen LogP contribution is -2.33. The molecule has 2 aliphatic heterocycles. The number of methoxy groups -OCH3 is 1. The van der Waals surface area contributed by atoms with Crippen molar-refractivity contribution in [3.8, 4) is 5.75 Å². The predicted octanol–water partition coefficient (Wildman–Crippen LogP) is 6.52. The number of fused-ring (bicyclic) bond motifs is 3. The summed E-state index contributed by atoms with van der Waals surface area (Å²) >= 11 is 1.84. The third-order valence-corrected chi connectivity index (χ3v) is 10.9. The van der Waals surface area contributed by atoms with Crippen LogP contribution in [0.25, 0.3) is 10.8 Å². The zero-order valence-corrected chi connectivity index (χ0v) is 26.1. The number of thioether (sulfide) groups is 1. The molecular formula is C34H24F3N3O5S2. The van der Waals surface area contributed by atoms with E-state index in [4.69, 9.17) is 4.74 Å². The van der Waals surface area contributed by atoms with E-state index in [1.807, 2.05) is 36.4 Å². The third kappa shape index (κ3) is 5.38. The molecule has 1 N–H and O–H groups in total. The van der Waals surface area contributed by atoms with Crippen molar-refractivity contribution >= 4 is 63.0 Å². The highest BCUT2D eigenvalue weighted by molar-refractivity contribution is 8.00. The standard InChI is InChI=1S/C34H24F3N3O5S2/c1-45-24-12-5-4-11-23(24)26-27-28(31(43)40(30(27)42)22-10-6-9-20(16-22)34(35,36)37)46-32-29(26)47-33(44)39(32)17-25(41)38-21-14-13-18-7-2-3-8-19(18)15-21/h2-16,26-28H,17H2,1H3,(H,38,41)/t26-,27-,28+/m0/s1. The summed E-state index contributed by atoms with van der Waals surface area (Å²) in [5, 5.41) is 4.02. The number of alkyl halides is 3. The number of benzene rings is 4. The summed E-state index contributed by atoms with van der Waals surface area (Å²) in [5.41, 5.74) is -0.116. The van der Waals surface area contributed by atoms with E-state index in [0.29, 0.717) is 26.9 Å². The van der Waals surface area contributed by atoms with E-state index in [1.54, 1.807) is 30.3 Å². The van der Waals surface area contributed by atoms with Crippen LogP contribution in [0.2, 0.25) is 0 Å². The molecule has 5 aromatic rings. The number of hydrogen-bond acceptors (Lipinski definition) is 7. The number of imide groups is 1. The summed E-state index contributed by atoms with van der Waals surface area (Å²) < 4.78 is 47.6. The Balaban J connectivity index is 1.28. The van der Waals surface area contributed by atoms with Gasteiger partial charge in [0.2, 0.25) is 17.7 Å². The number of thiazole rings is 1. The van der Waals surface area contributed by atoms with Gasteiger partial charge in [-0.3, -0.25) is 23.7 Å². The van der Waals surface area contributed by atoms with Gasteiger partial charge in [0.25, 0.3) is 0 Å². The van der Waals surface area contributed by atoms with Gasteiger partial charge in [-0.05, 0) is 47.2 Å². The first kappa shape index (κ1) is 30.8. The number of nitrogens with zero attached hydrogens (tertiary/aromatic N) is 2. The lowest BCUT2D eigenvalue weighted by molar-refractivity contribution is -0.137. The number of anilines is 2. The average Bonchev–Trinajstić information content (AvgIpc) is 3.50. The van der Waals surface area contributed by atoms with Crippen LogP contribution in [0.4, 0.5) is 24.5 Å². The van der Waals surface area contributed by atoms with Crippen LogP contribution in [0.1, 0.15) is 21.9 Å². The summed E-state index contributed by atoms with van der Waals surface area (Å²) in [5.74, 6) is -3.35. The Morgan fingerprint density at radius 1 is 0.894 bits per heavy atom. The molecule has 1 saturated heterocycles. The fourth-order valence-corrected chi connectivity index (χ4v) is 8.96. The van der Waals surface area contributed by atoms with Gasteiger partial charge in [0.1, 0.15) is 17.5 Å². The highest BCUT2D eigenvalue weighted by Crippen LogP contribution is 2.55. The van der Waals surface area contributed by atoms with Crippen molar-refractivity contribution in [1.82, 2.24) is 4.57 Å². The molecule has 1 fully saturated rings. The molecule has 7 rings (SSSR count). The minimum absolute atomic E-state index is 0.195. The number of carbonyl (C=O) groups is 3. The number of halogens is 3. The van der Waals surface area contributed by atoms with Crippen LogP contribution in [-0.2, 0) is 27.1 Å². The van der Waals surface area contributed by atoms with Crippen molar-refractivity contribution in [2.45, 2.75) is 28.9 Å². The quantitative estimate of drug-likeness (QED) is 0.206. The summed E-state index contributed by atoms with van der Waals surface area (Å²) in [6, 6.07) is 24.1. The van der Waals surface area contributed by atoms with Gasteiger partial charge in [0, 0.05) is 22.0 Å². The molecule has 0 bridgehead atoms. The van der Waals surface area contributed by atoms with Crippen molar-refractivity contribution in [2.24, 2.45) is 5.92 Å². The molecule has 0 saturated carbocycles. The first-order valence-electron chi connectivity index (χ1n) is 14.4. The van der Waals surface area contributed by atoms with Gasteiger partial charge >= 0.3 is 11.0 Å². The number of carbonyl (C=O) groups excluding carboxylic acids is 3. The van der Waals surface area contributed by atoms with Crippen LogP contribution < -0.4 is 19.8 Å². The van der Waals surface area contributed by atoms with Crippen LogP contribution in [0.5, 0.6) is 5.75 Å². The number of amides is 3. The van der Waals surface area contributed by atoms with Gasteiger partial charge < -0.3 is 10.1 Å². The molecule has 13 heteroatoms. The fourth-order valence-electron chi connectivity index (χ4n) is 6.20. The van der Waals surface area contributed by atoms with Gasteiger partial charge in [0.05, 0.1) is 29.3 Å². The van der Waals surface area contributed by atoms with Crippen molar-refractivity contribution in [3.63, 3.8) is 0 Å². The van der Waals surface area contributed by atoms with E-state index in [0.717, 1.165) is 57.0 Å². The Bertz CT molecular complexity index is 2140. The number of hydrogen-bond donors (Lipinski definition) is 1. The molecule has 3 heterocycles. The normalized spacial score (nSPS) is 19.1. The number of para-hydroxylation sites is 1. The molecule has 3 amide bonds. The van der Waals surface area contributed by atoms with E-state index in [2.05, 4.69) is 5.32 Å². The highest BCUT2D eigenvalue weighted by Gasteiger charge is 2.57. The molecule has 0 radical (unpaired) electrons. The Kier molecular flexibility index (Phi) is 7.68. The summed E-state index contributed by atoms with van der Waals surface area (Å²) in [4.78, 5) is 55.6. The van der Waals surface area contributed by atoms with Gasteiger partial charge in [-0.1, -0.05) is 77.7 Å². The topological polar surface area (TPSA) is 97.7 Å². The minimum atomic E-state index is -4.68. The second kappa shape index (κ2) is 11.7. The molecule has 0 aliphatic carbocycles. The summed E-state index contributed by atoms with van der Waals surface area (Å²) in [7, 11) is 1.45. The maximum atomic E-state index is 14.1. The van der Waals surface area contributed by atoms with Gasteiger partial charge in [-0.2, -0.15) is 13.2 Å². The minimum Gasteiger partial charge on any atom is -0.496 e. The Hall–Kier alpha value is -4.88. The Morgan fingerprint density at radius 3 is 2.40 bits per heavy atom. The molecule has 8 nitrogen and oxygen atoms in total. The molecule has 1 aromatic heterocycles. The van der Waals surface area contributed by atoms with Crippen molar-refractivity contribution in [1.29, 1.82) is 0 Å². The molecule has 0 unspecified atom stereocenters. The number of rotatable bonds is 6. The van der Waals surface area contributed by atoms with Gasteiger partial charge in [-0.15, -0.1) is 0 Å². The Morgan fingerprint density at radius 2 is 1.64 bits per heavy atom. The predicted molar refractivity (Wildman–Crippen MR) is 173 cm³/mol. The third-order valence-electron chi connectivity index (χ3n) is 8.29. The Labute approximate surface area is 273 Å². The smallest absolute Gasteiger partial charge is 0.416 e. The van der Waals surface area contributed by atoms with E-state index in [-0.39, 0.29) is 12.2 Å². The van der Waals surface area contributed by atoms with E-state index < -0.39 is 51.4 Å². The molecule has 4 aromatic carbocycles. The first-order chi connectivity index (χ1) is 22.5. The second-order valence-corrected chi connectivity index (χ2v) is 13.2. The monoisotopic (exact) mass is 675 g/mol. The molecular weight excluding hydrogens is 652 g/mol. The highest BCUT2D eigenvalue weighted by atomic mass is 32.2. The molecule has 47 heavy (non-hydrogen) atoms. The van der Waals surface area contributed by atoms with Crippen molar-refractivity contribution in [3.05, 3.63) is 117 Å². The fraction of sp³-hybridized carbons (Fsp3) is 0.176. The molecule has 238 valence electrons. The zero-order chi connectivity index (χ0) is 33.0. The van der Waals surface area contributed by atoms with Crippen LogP contribution in [-0.4, -0.2) is 34.6 Å². The lowest BCUT2D eigenvalue weighted by atomic mass is 9.82. The maximum Gasteiger partial charge on any atom is 0.416 e. The van der Waals surface area contributed by atoms with E-state index in [9.17, 15) is 32.3 Å². The van der Waals surface area contributed by atoms with E-state index in [1.165, 1.54) is 17.7 Å². The lowest BCUT2D eigenvalue weighted by Gasteiger charge is -2.31. The van der Waals surface area contributed by atoms with Crippen molar-refractivity contribution < 1.29 is 32.3 Å². The largest absolute Gasteiger partial charge is 0.496 e. The van der Waals surface area contributed by atoms with Gasteiger partial charge in [-0.25, -0.2) is 4.90 Å². The summed E-state index contributed by atoms with van der Waals surface area (Å²) in [6.45, 7) is -0.361. The molecule has 2 aliphatic rings. The van der Waals surface area contributed by atoms with Crippen LogP contribution >= 0.6 is 23.1 Å². The second-order valence-electron chi connectivity index (χ2n) is 11.1. The molecule has 0 spiro atoms. The van der Waals surface area contributed by atoms with Crippen LogP contribution in [0.15, 0.2) is 101 Å². The van der Waals surface area contributed by atoms with Crippen LogP contribution in [0.3, 0.4) is 0 Å². The summed E-state index contributed by atoms with van der Waals surface area (Å²) in [6.07, 6.45) is -4.68. The van der Waals surface area contributed by atoms with Crippen LogP contribution in [0, 0.1) is 5.92 Å². The average molecular weight is 676 g/mol. The first-order valence-corrected chi connectivity index (χ1v) is 16.1. The number of nitrogens with one attached hydrogen (secondary N) is 1. The maximum absolute atomic E-state index is 14.1. The van der Waals surface area contributed by atoms with Gasteiger partial charge in [0.15, 0.2) is 0 Å². The number of ether oxygens (including phenoxy) is 1. The zero-order valence-electron chi connectivity index (χ0n) is 24.5. The molecule has 3 atom stereocenters. The van der Waals surface area contributed by atoms with E-state index >= 15 is 0 Å². The van der Waals surface area contributed by atoms with Crippen molar-refractivity contribution in [2.75, 3.05) is 17.3 Å².